The van der Waals surface area contributed by atoms with Crippen molar-refractivity contribution < 1.29 is 22.3 Å². The van der Waals surface area contributed by atoms with E-state index in [4.69, 9.17) is 10.5 Å². The highest BCUT2D eigenvalue weighted by atomic mass is 19.4. The van der Waals surface area contributed by atoms with Crippen LogP contribution in [0.25, 0.3) is 0 Å². The summed E-state index contributed by atoms with van der Waals surface area (Å²) in [7, 11) is 1.14. The average molecular weight is 279 g/mol. The summed E-state index contributed by atoms with van der Waals surface area (Å²) < 4.78 is 57.0. The number of hydrogen-bond acceptors (Lipinski definition) is 2. The molecule has 2 N–H and O–H groups in total. The minimum atomic E-state index is -4.47. The van der Waals surface area contributed by atoms with Gasteiger partial charge in [0.05, 0.1) is 17.6 Å². The zero-order chi connectivity index (χ0) is 14.8. The van der Waals surface area contributed by atoms with E-state index in [9.17, 15) is 17.6 Å². The second-order valence-electron chi connectivity index (χ2n) is 4.75. The van der Waals surface area contributed by atoms with Crippen LogP contribution in [0.5, 0.6) is 0 Å². The predicted octanol–water partition coefficient (Wildman–Crippen LogP) is 3.21. The van der Waals surface area contributed by atoms with Crippen molar-refractivity contribution in [2.24, 2.45) is 11.7 Å². The number of alkyl halides is 3. The lowest BCUT2D eigenvalue weighted by atomic mass is 9.80. The lowest BCUT2D eigenvalue weighted by molar-refractivity contribution is -0.208. The van der Waals surface area contributed by atoms with Crippen LogP contribution in [0.3, 0.4) is 0 Å². The first-order valence-corrected chi connectivity index (χ1v) is 5.75. The Morgan fingerprint density at radius 3 is 2.16 bits per heavy atom. The largest absolute Gasteiger partial charge is 0.394 e. The molecule has 0 spiro atoms. The monoisotopic (exact) mass is 279 g/mol. The molecule has 19 heavy (non-hydrogen) atoms. The third-order valence-electron chi connectivity index (χ3n) is 3.27. The standard InChI is InChI=1S/C13H17F4NO/c1-8(13(15,16)17)11(19-3)12(2,18)9-6-4-5-7-10(9)14/h4-8,11H,18H2,1-3H3/t8-,11-,12+/m0/s1. The normalized spacial score (nSPS) is 18.7. The van der Waals surface area contributed by atoms with Crippen molar-refractivity contribution in [1.29, 1.82) is 0 Å². The van der Waals surface area contributed by atoms with Crippen LogP contribution in [-0.4, -0.2) is 19.4 Å². The van der Waals surface area contributed by atoms with Crippen LogP contribution in [0.15, 0.2) is 24.3 Å². The number of nitrogens with two attached hydrogens (primary N) is 1. The molecule has 1 aromatic carbocycles. The first kappa shape index (κ1) is 15.9. The maximum Gasteiger partial charge on any atom is 0.394 e. The average Bonchev–Trinajstić information content (AvgIpc) is 2.28. The SMILES string of the molecule is CO[C@@H]([C@H](C)C(F)(F)F)[C@](C)(N)c1ccccc1F. The van der Waals surface area contributed by atoms with Gasteiger partial charge in [-0.15, -0.1) is 0 Å². The maximum atomic E-state index is 13.7. The Bertz CT molecular complexity index is 431. The number of ether oxygens (including phenoxy) is 1. The Labute approximate surface area is 109 Å². The second kappa shape index (κ2) is 5.46. The number of halogens is 4. The van der Waals surface area contributed by atoms with Crippen LogP contribution in [0.2, 0.25) is 0 Å². The molecule has 6 heteroatoms. The second-order valence-corrected chi connectivity index (χ2v) is 4.75. The van der Waals surface area contributed by atoms with Gasteiger partial charge in [0, 0.05) is 12.7 Å². The molecule has 0 amide bonds. The third kappa shape index (κ3) is 3.25. The predicted molar refractivity (Wildman–Crippen MR) is 64.0 cm³/mol. The number of methoxy groups -OCH3 is 1. The van der Waals surface area contributed by atoms with E-state index in [0.717, 1.165) is 20.1 Å². The van der Waals surface area contributed by atoms with Crippen LogP contribution in [-0.2, 0) is 10.3 Å². The van der Waals surface area contributed by atoms with Crippen LogP contribution in [0, 0.1) is 11.7 Å². The van der Waals surface area contributed by atoms with Gasteiger partial charge in [0.15, 0.2) is 0 Å². The van der Waals surface area contributed by atoms with Gasteiger partial charge in [-0.25, -0.2) is 4.39 Å². The molecule has 0 aliphatic carbocycles. The van der Waals surface area contributed by atoms with E-state index in [-0.39, 0.29) is 5.56 Å². The summed E-state index contributed by atoms with van der Waals surface area (Å²) in [5, 5.41) is 0. The summed E-state index contributed by atoms with van der Waals surface area (Å²) in [6.45, 7) is 2.31. The Hall–Kier alpha value is -1.14. The lowest BCUT2D eigenvalue weighted by Gasteiger charge is -2.38. The summed E-state index contributed by atoms with van der Waals surface area (Å²) in [4.78, 5) is 0. The number of rotatable bonds is 4. The molecule has 0 radical (unpaired) electrons. The Kier molecular flexibility index (Phi) is 4.58. The summed E-state index contributed by atoms with van der Waals surface area (Å²) in [6, 6.07) is 5.49. The zero-order valence-corrected chi connectivity index (χ0v) is 11.0. The molecular formula is C13H17F4NO. The van der Waals surface area contributed by atoms with Crippen LogP contribution >= 0.6 is 0 Å². The van der Waals surface area contributed by atoms with Crippen molar-refractivity contribution in [2.45, 2.75) is 31.7 Å². The summed E-state index contributed by atoms with van der Waals surface area (Å²) in [5.41, 5.74) is 4.34. The molecule has 108 valence electrons. The molecule has 1 rings (SSSR count). The molecule has 0 saturated heterocycles. The summed E-state index contributed by atoms with van der Waals surface area (Å²) >= 11 is 0. The molecule has 1 aromatic rings. The highest BCUT2D eigenvalue weighted by molar-refractivity contribution is 5.27. The number of hydrogen-bond donors (Lipinski definition) is 1. The topological polar surface area (TPSA) is 35.2 Å². The van der Waals surface area contributed by atoms with Crippen molar-refractivity contribution in [3.8, 4) is 0 Å². The lowest BCUT2D eigenvalue weighted by Crippen LogP contribution is -2.53. The zero-order valence-electron chi connectivity index (χ0n) is 11.0. The Balaban J connectivity index is 3.20. The van der Waals surface area contributed by atoms with Crippen molar-refractivity contribution in [3.63, 3.8) is 0 Å². The minimum Gasteiger partial charge on any atom is -0.379 e. The molecule has 0 heterocycles. The van der Waals surface area contributed by atoms with Gasteiger partial charge in [-0.3, -0.25) is 0 Å². The molecule has 0 aliphatic heterocycles. The van der Waals surface area contributed by atoms with Crippen LogP contribution in [0.4, 0.5) is 17.6 Å². The van der Waals surface area contributed by atoms with E-state index in [1.54, 1.807) is 0 Å². The van der Waals surface area contributed by atoms with E-state index >= 15 is 0 Å². The molecule has 0 saturated carbocycles. The fraction of sp³-hybridized carbons (Fsp3) is 0.538. The first-order chi connectivity index (χ1) is 8.62. The summed E-state index contributed by atoms with van der Waals surface area (Å²) in [6.07, 6.45) is -5.85. The van der Waals surface area contributed by atoms with Gasteiger partial charge >= 0.3 is 6.18 Å². The van der Waals surface area contributed by atoms with Gasteiger partial charge in [-0.2, -0.15) is 13.2 Å². The number of benzene rings is 1. The first-order valence-electron chi connectivity index (χ1n) is 5.75. The van der Waals surface area contributed by atoms with Crippen molar-refractivity contribution in [2.75, 3.05) is 7.11 Å². The van der Waals surface area contributed by atoms with Gasteiger partial charge in [0.25, 0.3) is 0 Å². The Morgan fingerprint density at radius 2 is 1.74 bits per heavy atom. The Morgan fingerprint density at radius 1 is 1.21 bits per heavy atom. The van der Waals surface area contributed by atoms with Gasteiger partial charge in [0.1, 0.15) is 5.82 Å². The molecule has 0 unspecified atom stereocenters. The third-order valence-corrected chi connectivity index (χ3v) is 3.27. The fourth-order valence-corrected chi connectivity index (χ4v) is 2.19. The van der Waals surface area contributed by atoms with Gasteiger partial charge in [-0.1, -0.05) is 25.1 Å². The van der Waals surface area contributed by atoms with Crippen molar-refractivity contribution in [1.82, 2.24) is 0 Å². The minimum absolute atomic E-state index is 0.00190. The van der Waals surface area contributed by atoms with Crippen LogP contribution < -0.4 is 5.73 Å². The maximum absolute atomic E-state index is 13.7. The molecule has 0 aliphatic rings. The highest BCUT2D eigenvalue weighted by Gasteiger charge is 2.49. The van der Waals surface area contributed by atoms with Gasteiger partial charge in [0.2, 0.25) is 0 Å². The van der Waals surface area contributed by atoms with E-state index in [0.29, 0.717) is 0 Å². The smallest absolute Gasteiger partial charge is 0.379 e. The van der Waals surface area contributed by atoms with Crippen molar-refractivity contribution >= 4 is 0 Å². The highest BCUT2D eigenvalue weighted by Crippen LogP contribution is 2.37. The quantitative estimate of drug-likeness (QED) is 0.859. The van der Waals surface area contributed by atoms with E-state index < -0.39 is 29.6 Å². The molecule has 3 atom stereocenters. The summed E-state index contributed by atoms with van der Waals surface area (Å²) in [5.74, 6) is -2.46. The van der Waals surface area contributed by atoms with Crippen molar-refractivity contribution in [3.05, 3.63) is 35.6 Å². The van der Waals surface area contributed by atoms with E-state index in [1.165, 1.54) is 25.1 Å². The van der Waals surface area contributed by atoms with E-state index in [2.05, 4.69) is 0 Å². The molecule has 0 fully saturated rings. The molecule has 2 nitrogen and oxygen atoms in total. The van der Waals surface area contributed by atoms with Gasteiger partial charge in [-0.05, 0) is 13.0 Å². The molecule has 0 aromatic heterocycles. The van der Waals surface area contributed by atoms with Gasteiger partial charge < -0.3 is 10.5 Å². The fourth-order valence-electron chi connectivity index (χ4n) is 2.19. The van der Waals surface area contributed by atoms with Crippen LogP contribution in [0.1, 0.15) is 19.4 Å². The molecular weight excluding hydrogens is 262 g/mol. The molecule has 0 bridgehead atoms. The van der Waals surface area contributed by atoms with E-state index in [1.807, 2.05) is 0 Å².